The summed E-state index contributed by atoms with van der Waals surface area (Å²) in [6.45, 7) is 0.392. The zero-order valence-electron chi connectivity index (χ0n) is 11.2. The predicted molar refractivity (Wildman–Crippen MR) is 77.7 cm³/mol. The van der Waals surface area contributed by atoms with E-state index in [0.29, 0.717) is 23.9 Å². The first-order valence-corrected chi connectivity index (χ1v) is 7.15. The van der Waals surface area contributed by atoms with E-state index in [2.05, 4.69) is 5.32 Å². The summed E-state index contributed by atoms with van der Waals surface area (Å²) in [6, 6.07) is 9.23. The highest BCUT2D eigenvalue weighted by atomic mass is 35.5. The van der Waals surface area contributed by atoms with Crippen LogP contribution in [0.15, 0.2) is 36.4 Å². The van der Waals surface area contributed by atoms with Gasteiger partial charge in [-0.3, -0.25) is 0 Å². The van der Waals surface area contributed by atoms with Crippen molar-refractivity contribution in [1.82, 2.24) is 5.32 Å². The third-order valence-electron chi connectivity index (χ3n) is 3.34. The van der Waals surface area contributed by atoms with Crippen LogP contribution < -0.4 is 10.1 Å². The molecule has 0 unspecified atom stereocenters. The molecule has 0 bridgehead atoms. The average Bonchev–Trinajstić information content (AvgIpc) is 3.26. The average molecular weight is 310 g/mol. The summed E-state index contributed by atoms with van der Waals surface area (Å²) in [5.41, 5.74) is 0.444. The van der Waals surface area contributed by atoms with Gasteiger partial charge >= 0.3 is 0 Å². The third-order valence-corrected chi connectivity index (χ3v) is 3.65. The minimum Gasteiger partial charge on any atom is -0.457 e. The molecule has 110 valence electrons. The number of rotatable bonds is 5. The zero-order chi connectivity index (χ0) is 14.8. The fourth-order valence-electron chi connectivity index (χ4n) is 2.01. The van der Waals surface area contributed by atoms with Gasteiger partial charge in [-0.25, -0.2) is 8.78 Å². The second-order valence-corrected chi connectivity index (χ2v) is 5.46. The summed E-state index contributed by atoms with van der Waals surface area (Å²) in [4.78, 5) is 0. The lowest BCUT2D eigenvalue weighted by molar-refractivity contribution is 0.457. The van der Waals surface area contributed by atoms with E-state index >= 15 is 0 Å². The van der Waals surface area contributed by atoms with Crippen molar-refractivity contribution in [2.45, 2.75) is 25.4 Å². The molecule has 0 heterocycles. The van der Waals surface area contributed by atoms with E-state index in [4.69, 9.17) is 16.3 Å². The molecule has 2 nitrogen and oxygen atoms in total. The Morgan fingerprint density at radius 2 is 1.95 bits per heavy atom. The normalized spacial score (nSPS) is 14.2. The summed E-state index contributed by atoms with van der Waals surface area (Å²) in [5, 5.41) is 3.27. The fourth-order valence-corrected chi connectivity index (χ4v) is 2.12. The Labute approximate surface area is 126 Å². The molecule has 0 atom stereocenters. The van der Waals surface area contributed by atoms with Crippen molar-refractivity contribution in [3.8, 4) is 11.5 Å². The van der Waals surface area contributed by atoms with Crippen LogP contribution >= 0.6 is 11.6 Å². The summed E-state index contributed by atoms with van der Waals surface area (Å²) in [5.74, 6) is -0.238. The second kappa shape index (κ2) is 6.00. The lowest BCUT2D eigenvalue weighted by Gasteiger charge is -2.13. The molecule has 21 heavy (non-hydrogen) atoms. The molecular formula is C16H14ClF2NO. The largest absolute Gasteiger partial charge is 0.457 e. The van der Waals surface area contributed by atoms with E-state index in [-0.39, 0.29) is 16.6 Å². The van der Waals surface area contributed by atoms with Crippen LogP contribution in [0.3, 0.4) is 0 Å². The van der Waals surface area contributed by atoms with Gasteiger partial charge in [-0.2, -0.15) is 0 Å². The number of hydrogen-bond donors (Lipinski definition) is 1. The molecule has 0 amide bonds. The number of nitrogens with one attached hydrogen (secondary N) is 1. The van der Waals surface area contributed by atoms with Crippen LogP contribution in [0.1, 0.15) is 18.4 Å². The van der Waals surface area contributed by atoms with Gasteiger partial charge in [0.1, 0.15) is 23.1 Å². The van der Waals surface area contributed by atoms with E-state index < -0.39 is 5.82 Å². The quantitative estimate of drug-likeness (QED) is 0.867. The molecule has 0 radical (unpaired) electrons. The molecule has 0 saturated heterocycles. The molecule has 0 aromatic heterocycles. The third kappa shape index (κ3) is 3.52. The highest BCUT2D eigenvalue weighted by Crippen LogP contribution is 2.30. The Kier molecular flexibility index (Phi) is 4.08. The van der Waals surface area contributed by atoms with Crippen molar-refractivity contribution < 1.29 is 13.5 Å². The van der Waals surface area contributed by atoms with Crippen molar-refractivity contribution in [3.05, 3.63) is 58.6 Å². The predicted octanol–water partition coefficient (Wildman–Crippen LogP) is 4.66. The SMILES string of the molecule is Fc1cc(Oc2cccc(F)c2CNC2CC2)ccc1Cl. The monoisotopic (exact) mass is 309 g/mol. The number of hydrogen-bond acceptors (Lipinski definition) is 2. The smallest absolute Gasteiger partial charge is 0.145 e. The van der Waals surface area contributed by atoms with Crippen molar-refractivity contribution >= 4 is 11.6 Å². The first kappa shape index (κ1) is 14.3. The Morgan fingerprint density at radius 1 is 1.14 bits per heavy atom. The second-order valence-electron chi connectivity index (χ2n) is 5.05. The van der Waals surface area contributed by atoms with Gasteiger partial charge in [-0.1, -0.05) is 17.7 Å². The Bertz CT molecular complexity index is 659. The maximum Gasteiger partial charge on any atom is 0.145 e. The van der Waals surface area contributed by atoms with Gasteiger partial charge in [0.25, 0.3) is 0 Å². The first-order valence-electron chi connectivity index (χ1n) is 6.77. The fraction of sp³-hybridized carbons (Fsp3) is 0.250. The molecule has 1 aliphatic carbocycles. The molecular weight excluding hydrogens is 296 g/mol. The number of benzene rings is 2. The van der Waals surface area contributed by atoms with Crippen molar-refractivity contribution in [1.29, 1.82) is 0 Å². The van der Waals surface area contributed by atoms with Crippen LogP contribution in [0.2, 0.25) is 5.02 Å². The first-order chi connectivity index (χ1) is 10.1. The lowest BCUT2D eigenvalue weighted by Crippen LogP contribution is -2.16. The summed E-state index contributed by atoms with van der Waals surface area (Å²) >= 11 is 5.63. The molecule has 5 heteroatoms. The van der Waals surface area contributed by atoms with Gasteiger partial charge in [-0.05, 0) is 37.1 Å². The highest BCUT2D eigenvalue weighted by Gasteiger charge is 2.21. The Hall–Kier alpha value is -1.65. The Balaban J connectivity index is 1.82. The van der Waals surface area contributed by atoms with Crippen LogP contribution in [0.25, 0.3) is 0 Å². The molecule has 2 aromatic rings. The molecule has 1 saturated carbocycles. The molecule has 1 N–H and O–H groups in total. The minimum absolute atomic E-state index is 0.0252. The van der Waals surface area contributed by atoms with Crippen molar-refractivity contribution in [2.24, 2.45) is 0 Å². The molecule has 0 spiro atoms. The van der Waals surface area contributed by atoms with Gasteiger partial charge in [0.15, 0.2) is 0 Å². The maximum absolute atomic E-state index is 14.0. The standard InChI is InChI=1S/C16H14ClF2NO/c17-13-7-6-11(8-15(13)19)21-16-3-1-2-14(18)12(16)9-20-10-4-5-10/h1-3,6-8,10,20H,4-5,9H2. The zero-order valence-corrected chi connectivity index (χ0v) is 12.0. The molecule has 0 aliphatic heterocycles. The summed E-state index contributed by atoms with van der Waals surface area (Å²) in [7, 11) is 0. The van der Waals surface area contributed by atoms with Crippen molar-refractivity contribution in [2.75, 3.05) is 0 Å². The topological polar surface area (TPSA) is 21.3 Å². The minimum atomic E-state index is -0.566. The highest BCUT2D eigenvalue weighted by molar-refractivity contribution is 6.30. The maximum atomic E-state index is 14.0. The van der Waals surface area contributed by atoms with Crippen LogP contribution in [0.5, 0.6) is 11.5 Å². The summed E-state index contributed by atoms with van der Waals surface area (Å²) < 4.78 is 33.0. The van der Waals surface area contributed by atoms with Crippen LogP contribution in [-0.4, -0.2) is 6.04 Å². The van der Waals surface area contributed by atoms with Gasteiger partial charge in [0.2, 0.25) is 0 Å². The van der Waals surface area contributed by atoms with Gasteiger partial charge < -0.3 is 10.1 Å². The van der Waals surface area contributed by atoms with Crippen LogP contribution in [0, 0.1) is 11.6 Å². The molecule has 2 aromatic carbocycles. The summed E-state index contributed by atoms with van der Waals surface area (Å²) in [6.07, 6.45) is 2.24. The molecule has 1 fully saturated rings. The van der Waals surface area contributed by atoms with E-state index in [9.17, 15) is 8.78 Å². The van der Waals surface area contributed by atoms with E-state index in [1.54, 1.807) is 18.2 Å². The van der Waals surface area contributed by atoms with E-state index in [0.717, 1.165) is 12.8 Å². The van der Waals surface area contributed by atoms with Crippen LogP contribution in [-0.2, 0) is 6.54 Å². The molecule has 3 rings (SSSR count). The molecule has 1 aliphatic rings. The van der Waals surface area contributed by atoms with Crippen molar-refractivity contribution in [3.63, 3.8) is 0 Å². The van der Waals surface area contributed by atoms with Gasteiger partial charge in [0, 0.05) is 24.2 Å². The Morgan fingerprint density at radius 3 is 2.67 bits per heavy atom. The van der Waals surface area contributed by atoms with Gasteiger partial charge in [-0.15, -0.1) is 0 Å². The van der Waals surface area contributed by atoms with Crippen LogP contribution in [0.4, 0.5) is 8.78 Å². The van der Waals surface area contributed by atoms with Gasteiger partial charge in [0.05, 0.1) is 5.02 Å². The number of ether oxygens (including phenoxy) is 1. The van der Waals surface area contributed by atoms with E-state index in [1.807, 2.05) is 0 Å². The van der Waals surface area contributed by atoms with E-state index in [1.165, 1.54) is 18.2 Å². The number of halogens is 3. The lowest BCUT2D eigenvalue weighted by atomic mass is 10.2.